The number of rotatable bonds is 3. The molecule has 1 aliphatic carbocycles. The lowest BCUT2D eigenvalue weighted by molar-refractivity contribution is 1.22. The molecule has 0 fully saturated rings. The van der Waals surface area contributed by atoms with Crippen molar-refractivity contribution >= 4 is 13.4 Å². The molecule has 0 saturated carbocycles. The van der Waals surface area contributed by atoms with Crippen molar-refractivity contribution in [2.45, 2.75) is 32.4 Å². The van der Waals surface area contributed by atoms with Gasteiger partial charge in [-0.2, -0.15) is 0 Å². The molecule has 1 nitrogen and oxygen atoms in total. The van der Waals surface area contributed by atoms with E-state index in [9.17, 15) is 0 Å². The normalized spacial score (nSPS) is 13.2. The second kappa shape index (κ2) is 4.62. The van der Waals surface area contributed by atoms with Gasteiger partial charge < -0.3 is 5.40 Å². The van der Waals surface area contributed by atoms with Crippen molar-refractivity contribution in [1.29, 1.82) is 0 Å². The van der Waals surface area contributed by atoms with Crippen LogP contribution in [0.3, 0.4) is 0 Å². The van der Waals surface area contributed by atoms with E-state index in [0.29, 0.717) is 0 Å². The van der Waals surface area contributed by atoms with E-state index in [2.05, 4.69) is 56.3 Å². The molecule has 19 heavy (non-hydrogen) atoms. The van der Waals surface area contributed by atoms with E-state index in [-0.39, 0.29) is 0 Å². The Bertz CT molecular complexity index is 614. The van der Waals surface area contributed by atoms with Gasteiger partial charge in [0, 0.05) is 0 Å². The quantitative estimate of drug-likeness (QED) is 0.723. The van der Waals surface area contributed by atoms with Gasteiger partial charge in [-0.1, -0.05) is 56.3 Å². The third-order valence-electron chi connectivity index (χ3n) is 4.65. The van der Waals surface area contributed by atoms with Crippen molar-refractivity contribution in [3.8, 4) is 11.1 Å². The van der Waals surface area contributed by atoms with E-state index in [4.69, 9.17) is 5.40 Å². The molecule has 0 saturated heterocycles. The Kier molecular flexibility index (Phi) is 3.07. The third kappa shape index (κ3) is 1.87. The van der Waals surface area contributed by atoms with Crippen LogP contribution in [0.2, 0.25) is 12.1 Å². The molecule has 2 heteroatoms. The molecule has 2 aromatic rings. The molecule has 0 radical (unpaired) electrons. The van der Waals surface area contributed by atoms with E-state index >= 15 is 0 Å². The van der Waals surface area contributed by atoms with Crippen LogP contribution in [0.25, 0.3) is 11.1 Å². The van der Waals surface area contributed by atoms with Gasteiger partial charge in [-0.25, -0.2) is 0 Å². The number of nitrogens with two attached hydrogens (primary N) is 1. The zero-order chi connectivity index (χ0) is 13.5. The van der Waals surface area contributed by atoms with Crippen LogP contribution in [0.5, 0.6) is 0 Å². The Morgan fingerprint density at radius 1 is 0.947 bits per heavy atom. The highest BCUT2D eigenvalue weighted by Crippen LogP contribution is 2.36. The van der Waals surface area contributed by atoms with Gasteiger partial charge in [0.1, 0.15) is 0 Å². The second-order valence-corrected chi connectivity index (χ2v) is 9.79. The SMILES string of the molecule is CC[Si](N)(CC)c1cccc2c1Cc1ccccc1-2. The topological polar surface area (TPSA) is 26.0 Å². The molecule has 1 aliphatic rings. The van der Waals surface area contributed by atoms with Crippen molar-refractivity contribution in [3.05, 3.63) is 53.6 Å². The first-order chi connectivity index (χ1) is 9.19. The predicted octanol–water partition coefficient (Wildman–Crippen LogP) is 3.41. The van der Waals surface area contributed by atoms with Gasteiger partial charge in [-0.05, 0) is 45.9 Å². The summed E-state index contributed by atoms with van der Waals surface area (Å²) in [6.07, 6.45) is 1.06. The van der Waals surface area contributed by atoms with Crippen LogP contribution in [0.15, 0.2) is 42.5 Å². The third-order valence-corrected chi connectivity index (χ3v) is 8.71. The molecule has 0 spiro atoms. The number of fused-ring (bicyclic) bond motifs is 3. The molecule has 98 valence electrons. The predicted molar refractivity (Wildman–Crippen MR) is 85.2 cm³/mol. The van der Waals surface area contributed by atoms with Crippen LogP contribution in [0.4, 0.5) is 0 Å². The molecule has 2 aromatic carbocycles. The first kappa shape index (κ1) is 12.6. The van der Waals surface area contributed by atoms with E-state index in [1.165, 1.54) is 27.4 Å². The highest BCUT2D eigenvalue weighted by Gasteiger charge is 2.32. The summed E-state index contributed by atoms with van der Waals surface area (Å²) in [5.41, 5.74) is 5.77. The fourth-order valence-corrected chi connectivity index (χ4v) is 5.77. The molecule has 0 aromatic heterocycles. The van der Waals surface area contributed by atoms with E-state index in [1.54, 1.807) is 0 Å². The van der Waals surface area contributed by atoms with Gasteiger partial charge in [0.2, 0.25) is 0 Å². The average molecular weight is 267 g/mol. The van der Waals surface area contributed by atoms with Gasteiger partial charge in [0.15, 0.2) is 8.24 Å². The molecular formula is C17H21NSi. The molecular weight excluding hydrogens is 246 g/mol. The average Bonchev–Trinajstić information content (AvgIpc) is 2.85. The summed E-state index contributed by atoms with van der Waals surface area (Å²) >= 11 is 0. The fourth-order valence-electron chi connectivity index (χ4n) is 3.25. The van der Waals surface area contributed by atoms with Crippen molar-refractivity contribution in [2.75, 3.05) is 0 Å². The van der Waals surface area contributed by atoms with E-state index < -0.39 is 8.24 Å². The van der Waals surface area contributed by atoms with Crippen LogP contribution in [0, 0.1) is 0 Å². The minimum Gasteiger partial charge on any atom is -0.347 e. The Labute approximate surface area is 116 Å². The Balaban J connectivity index is 2.19. The maximum absolute atomic E-state index is 6.76. The van der Waals surface area contributed by atoms with E-state index in [0.717, 1.165) is 18.5 Å². The highest BCUT2D eigenvalue weighted by atomic mass is 28.3. The van der Waals surface area contributed by atoms with Gasteiger partial charge in [0.05, 0.1) is 0 Å². The van der Waals surface area contributed by atoms with Gasteiger partial charge in [0.25, 0.3) is 0 Å². The molecule has 0 bridgehead atoms. The molecule has 0 amide bonds. The molecule has 0 heterocycles. The molecule has 0 unspecified atom stereocenters. The number of hydrogen-bond donors (Lipinski definition) is 1. The van der Waals surface area contributed by atoms with Gasteiger partial charge in [-0.15, -0.1) is 0 Å². The van der Waals surface area contributed by atoms with Gasteiger partial charge >= 0.3 is 0 Å². The maximum Gasteiger partial charge on any atom is 0.154 e. The van der Waals surface area contributed by atoms with Crippen LogP contribution in [0.1, 0.15) is 25.0 Å². The van der Waals surface area contributed by atoms with Crippen molar-refractivity contribution in [3.63, 3.8) is 0 Å². The van der Waals surface area contributed by atoms with Crippen molar-refractivity contribution in [1.82, 2.24) is 0 Å². The summed E-state index contributed by atoms with van der Waals surface area (Å²) in [4.78, 5) is 0. The Hall–Kier alpha value is -1.38. The van der Waals surface area contributed by atoms with Crippen LogP contribution in [-0.2, 0) is 6.42 Å². The van der Waals surface area contributed by atoms with E-state index in [1.807, 2.05) is 0 Å². The smallest absolute Gasteiger partial charge is 0.154 e. The van der Waals surface area contributed by atoms with Crippen molar-refractivity contribution in [2.24, 2.45) is 5.40 Å². The summed E-state index contributed by atoms with van der Waals surface area (Å²) in [6, 6.07) is 17.7. The molecule has 0 aliphatic heterocycles. The van der Waals surface area contributed by atoms with Gasteiger partial charge in [-0.3, -0.25) is 0 Å². The lowest BCUT2D eigenvalue weighted by atomic mass is 10.1. The molecule has 0 atom stereocenters. The monoisotopic (exact) mass is 267 g/mol. The van der Waals surface area contributed by atoms with Crippen LogP contribution >= 0.6 is 0 Å². The first-order valence-electron chi connectivity index (χ1n) is 7.19. The zero-order valence-corrected chi connectivity index (χ0v) is 12.7. The summed E-state index contributed by atoms with van der Waals surface area (Å²) in [6.45, 7) is 4.49. The fraction of sp³-hybridized carbons (Fsp3) is 0.294. The summed E-state index contributed by atoms with van der Waals surface area (Å²) < 4.78 is 0. The minimum absolute atomic E-state index is 1.06. The largest absolute Gasteiger partial charge is 0.347 e. The van der Waals surface area contributed by atoms with Crippen LogP contribution in [-0.4, -0.2) is 8.24 Å². The van der Waals surface area contributed by atoms with Crippen LogP contribution < -0.4 is 10.6 Å². The number of hydrogen-bond acceptors (Lipinski definition) is 1. The highest BCUT2D eigenvalue weighted by molar-refractivity contribution is 6.89. The molecule has 2 N–H and O–H groups in total. The zero-order valence-electron chi connectivity index (χ0n) is 11.7. The first-order valence-corrected chi connectivity index (χ1v) is 9.68. The Morgan fingerprint density at radius 2 is 1.63 bits per heavy atom. The molecule has 3 rings (SSSR count). The lowest BCUT2D eigenvalue weighted by Gasteiger charge is -2.27. The summed E-state index contributed by atoms with van der Waals surface area (Å²) in [7, 11) is -1.77. The summed E-state index contributed by atoms with van der Waals surface area (Å²) in [5, 5.41) is 8.24. The number of benzene rings is 2. The Morgan fingerprint density at radius 3 is 2.37 bits per heavy atom. The summed E-state index contributed by atoms with van der Waals surface area (Å²) in [5.74, 6) is 0. The van der Waals surface area contributed by atoms with Crippen molar-refractivity contribution < 1.29 is 0 Å². The maximum atomic E-state index is 6.76. The standard InChI is InChI=1S/C17H21NSi/c1-3-19(18,4-2)17-11-7-10-15-14-9-6-5-8-13(14)12-16(15)17/h5-11H,3-4,12,18H2,1-2H3. The lowest BCUT2D eigenvalue weighted by Crippen LogP contribution is -2.57. The second-order valence-electron chi connectivity index (χ2n) is 5.53. The minimum atomic E-state index is -1.77.